The predicted molar refractivity (Wildman–Crippen MR) is 74.4 cm³/mol. The smallest absolute Gasteiger partial charge is 0.180 e. The number of aryl methyl sites for hydroxylation is 3. The Morgan fingerprint density at radius 3 is 2.89 bits per heavy atom. The van der Waals surface area contributed by atoms with Gasteiger partial charge < -0.3 is 0 Å². The van der Waals surface area contributed by atoms with Crippen LogP contribution in [0.5, 0.6) is 0 Å². The molecule has 2 aromatic rings. The van der Waals surface area contributed by atoms with E-state index < -0.39 is 0 Å². The van der Waals surface area contributed by atoms with Crippen LogP contribution < -0.4 is 0 Å². The summed E-state index contributed by atoms with van der Waals surface area (Å²) in [5.74, 6) is 0. The number of hydrogen-bond acceptors (Lipinski definition) is 6. The fraction of sp³-hybridized carbons (Fsp3) is 0.385. The number of aromatic nitrogens is 3. The summed E-state index contributed by atoms with van der Waals surface area (Å²) in [6.07, 6.45) is 4.44. The van der Waals surface area contributed by atoms with Crippen LogP contribution in [0.2, 0.25) is 0 Å². The van der Waals surface area contributed by atoms with Gasteiger partial charge in [0.05, 0.1) is 5.56 Å². The van der Waals surface area contributed by atoms with Crippen molar-refractivity contribution in [2.24, 2.45) is 0 Å². The van der Waals surface area contributed by atoms with Gasteiger partial charge in [-0.05, 0) is 56.0 Å². The van der Waals surface area contributed by atoms with E-state index in [1.54, 1.807) is 0 Å². The van der Waals surface area contributed by atoms with E-state index in [9.17, 15) is 5.26 Å². The van der Waals surface area contributed by atoms with Crippen molar-refractivity contribution >= 4 is 23.1 Å². The maximum Gasteiger partial charge on any atom is 0.180 e. The molecule has 0 saturated carbocycles. The van der Waals surface area contributed by atoms with Gasteiger partial charge in [0.1, 0.15) is 16.1 Å². The predicted octanol–water partition coefficient (Wildman–Crippen LogP) is 3.14. The molecule has 96 valence electrons. The molecule has 0 atom stereocenters. The molecule has 0 saturated heterocycles. The highest BCUT2D eigenvalue weighted by Crippen LogP contribution is 2.33. The summed E-state index contributed by atoms with van der Waals surface area (Å²) < 4.78 is 0.845. The van der Waals surface area contributed by atoms with Gasteiger partial charge in [-0.1, -0.05) is 11.3 Å². The maximum atomic E-state index is 9.27. The lowest BCUT2D eigenvalue weighted by Crippen LogP contribution is -2.07. The average Bonchev–Trinajstić information content (AvgIpc) is 2.83. The minimum absolute atomic E-state index is 0.651. The lowest BCUT2D eigenvalue weighted by molar-refractivity contribution is 0.660. The van der Waals surface area contributed by atoms with Crippen LogP contribution in [0.1, 0.15) is 34.7 Å². The molecule has 0 fully saturated rings. The molecule has 0 aromatic carbocycles. The molecule has 0 amide bonds. The van der Waals surface area contributed by atoms with Crippen LogP contribution in [0.4, 0.5) is 0 Å². The minimum atomic E-state index is 0.651. The molecule has 6 heteroatoms. The van der Waals surface area contributed by atoms with E-state index in [0.29, 0.717) is 5.56 Å². The van der Waals surface area contributed by atoms with Crippen molar-refractivity contribution in [1.29, 1.82) is 5.26 Å². The van der Waals surface area contributed by atoms with Gasteiger partial charge in [-0.25, -0.2) is 4.98 Å². The maximum absolute atomic E-state index is 9.27. The monoisotopic (exact) mass is 288 g/mol. The summed E-state index contributed by atoms with van der Waals surface area (Å²) in [6.45, 7) is 1.92. The van der Waals surface area contributed by atoms with Crippen molar-refractivity contribution in [3.63, 3.8) is 0 Å². The van der Waals surface area contributed by atoms with E-state index in [0.717, 1.165) is 32.9 Å². The van der Waals surface area contributed by atoms with Crippen molar-refractivity contribution in [3.8, 4) is 6.07 Å². The van der Waals surface area contributed by atoms with E-state index in [2.05, 4.69) is 21.3 Å². The van der Waals surface area contributed by atoms with Crippen LogP contribution in [0.25, 0.3) is 0 Å². The molecule has 19 heavy (non-hydrogen) atoms. The van der Waals surface area contributed by atoms with E-state index in [-0.39, 0.29) is 0 Å². The molecule has 3 rings (SSSR count). The third-order valence-corrected chi connectivity index (χ3v) is 4.97. The fourth-order valence-electron chi connectivity index (χ4n) is 2.17. The summed E-state index contributed by atoms with van der Waals surface area (Å²) in [6, 6.07) is 4.24. The summed E-state index contributed by atoms with van der Waals surface area (Å²) in [7, 11) is 0. The van der Waals surface area contributed by atoms with Crippen molar-refractivity contribution < 1.29 is 0 Å². The van der Waals surface area contributed by atoms with Crippen LogP contribution in [-0.4, -0.2) is 15.2 Å². The van der Waals surface area contributed by atoms with Crippen LogP contribution in [0, 0.1) is 18.3 Å². The van der Waals surface area contributed by atoms with E-state index in [4.69, 9.17) is 0 Å². The summed E-state index contributed by atoms with van der Waals surface area (Å²) in [5.41, 5.74) is 3.04. The Morgan fingerprint density at radius 2 is 2.16 bits per heavy atom. The van der Waals surface area contributed by atoms with Gasteiger partial charge in [0, 0.05) is 5.69 Å². The van der Waals surface area contributed by atoms with E-state index in [1.165, 1.54) is 41.5 Å². The molecule has 4 nitrogen and oxygen atoms in total. The van der Waals surface area contributed by atoms with E-state index >= 15 is 0 Å². The molecule has 0 spiro atoms. The molecular formula is C13H12N4S2. The first-order chi connectivity index (χ1) is 9.26. The lowest BCUT2D eigenvalue weighted by atomic mass is 9.95. The first-order valence-corrected chi connectivity index (χ1v) is 7.80. The molecule has 1 aliphatic carbocycles. The third kappa shape index (κ3) is 2.62. The van der Waals surface area contributed by atoms with Crippen molar-refractivity contribution in [2.75, 3.05) is 0 Å². The number of fused-ring (bicyclic) bond motifs is 1. The van der Waals surface area contributed by atoms with Gasteiger partial charge in [0.15, 0.2) is 4.34 Å². The minimum Gasteiger partial charge on any atom is -0.244 e. The van der Waals surface area contributed by atoms with Gasteiger partial charge >= 0.3 is 0 Å². The van der Waals surface area contributed by atoms with Crippen LogP contribution in [0.3, 0.4) is 0 Å². The van der Waals surface area contributed by atoms with Crippen LogP contribution in [-0.2, 0) is 12.8 Å². The second-order valence-electron chi connectivity index (χ2n) is 4.45. The highest BCUT2D eigenvalue weighted by Gasteiger charge is 2.16. The molecular weight excluding hydrogens is 276 g/mol. The highest BCUT2D eigenvalue weighted by atomic mass is 32.2. The zero-order chi connectivity index (χ0) is 13.2. The summed E-state index contributed by atoms with van der Waals surface area (Å²) in [5, 5.41) is 19.0. The molecule has 2 aromatic heterocycles. The fourth-order valence-corrected chi connectivity index (χ4v) is 3.97. The summed E-state index contributed by atoms with van der Waals surface area (Å²) >= 11 is 2.97. The Balaban J connectivity index is 1.98. The normalized spacial score (nSPS) is 13.9. The number of nitrogens with zero attached hydrogens (tertiary/aromatic N) is 4. The zero-order valence-corrected chi connectivity index (χ0v) is 12.1. The lowest BCUT2D eigenvalue weighted by Gasteiger charge is -2.15. The van der Waals surface area contributed by atoms with Crippen molar-refractivity contribution in [2.45, 2.75) is 42.0 Å². The highest BCUT2D eigenvalue weighted by molar-refractivity contribution is 8.01. The average molecular weight is 288 g/mol. The Kier molecular flexibility index (Phi) is 3.49. The zero-order valence-electron chi connectivity index (χ0n) is 10.5. The SMILES string of the molecule is Cc1nnc(Sc2nc3c(cc2C#N)CCCC3)s1. The largest absolute Gasteiger partial charge is 0.244 e. The number of hydrogen-bond donors (Lipinski definition) is 0. The topological polar surface area (TPSA) is 62.5 Å². The molecule has 0 aliphatic heterocycles. The van der Waals surface area contributed by atoms with E-state index in [1.807, 2.05) is 13.0 Å². The Labute approximate surface area is 119 Å². The van der Waals surface area contributed by atoms with Crippen molar-refractivity contribution in [1.82, 2.24) is 15.2 Å². The van der Waals surface area contributed by atoms with Gasteiger partial charge in [0.25, 0.3) is 0 Å². The Hall–Kier alpha value is -1.45. The van der Waals surface area contributed by atoms with Gasteiger partial charge in [-0.15, -0.1) is 10.2 Å². The number of rotatable bonds is 2. The third-order valence-electron chi connectivity index (χ3n) is 3.08. The van der Waals surface area contributed by atoms with Gasteiger partial charge in [-0.3, -0.25) is 0 Å². The van der Waals surface area contributed by atoms with Crippen LogP contribution >= 0.6 is 23.1 Å². The quantitative estimate of drug-likeness (QED) is 0.849. The molecule has 0 N–H and O–H groups in total. The standard InChI is InChI=1S/C13H12N4S2/c1-8-16-17-13(18-8)19-12-10(7-14)6-9-4-2-3-5-11(9)15-12/h6H,2-5H2,1H3. The molecule has 0 unspecified atom stereocenters. The second-order valence-corrected chi connectivity index (χ2v) is 6.87. The first kappa shape index (κ1) is 12.6. The number of pyridine rings is 1. The van der Waals surface area contributed by atoms with Crippen LogP contribution in [0.15, 0.2) is 15.4 Å². The molecule has 2 heterocycles. The van der Waals surface area contributed by atoms with Crippen molar-refractivity contribution in [3.05, 3.63) is 27.9 Å². The second kappa shape index (κ2) is 5.27. The molecule has 0 radical (unpaired) electrons. The molecule has 1 aliphatic rings. The van der Waals surface area contributed by atoms with Gasteiger partial charge in [0.2, 0.25) is 0 Å². The Morgan fingerprint density at radius 1 is 1.32 bits per heavy atom. The number of nitriles is 1. The molecule has 0 bridgehead atoms. The first-order valence-electron chi connectivity index (χ1n) is 6.17. The Bertz CT molecular complexity index is 657. The van der Waals surface area contributed by atoms with Gasteiger partial charge in [-0.2, -0.15) is 5.26 Å². The summed E-state index contributed by atoms with van der Waals surface area (Å²) in [4.78, 5) is 4.67.